The fourth-order valence-electron chi connectivity index (χ4n) is 2.57. The second kappa shape index (κ2) is 6.89. The molecule has 2 amide bonds. The van der Waals surface area contributed by atoms with E-state index < -0.39 is 0 Å². The minimum absolute atomic E-state index is 0.0764. The van der Waals surface area contributed by atoms with Crippen LogP contribution >= 0.6 is 0 Å². The van der Waals surface area contributed by atoms with Crippen LogP contribution < -0.4 is 16.0 Å². The SMILES string of the molecule is O=C(NCc1cccc(NC(=O)C2CCCO2)c1)C1CNC1. The fraction of sp³-hybridized carbons (Fsp3) is 0.500. The molecule has 6 heteroatoms. The summed E-state index contributed by atoms with van der Waals surface area (Å²) in [5.74, 6) is 0.0640. The molecule has 2 aliphatic rings. The summed E-state index contributed by atoms with van der Waals surface area (Å²) in [7, 11) is 0. The van der Waals surface area contributed by atoms with E-state index in [0.717, 1.165) is 37.2 Å². The monoisotopic (exact) mass is 303 g/mol. The summed E-state index contributed by atoms with van der Waals surface area (Å²) in [6.07, 6.45) is 1.37. The Labute approximate surface area is 129 Å². The predicted octanol–water partition coefficient (Wildman–Crippen LogP) is 0.640. The van der Waals surface area contributed by atoms with Gasteiger partial charge in [0.05, 0.1) is 5.92 Å². The molecule has 1 aromatic carbocycles. The fourth-order valence-corrected chi connectivity index (χ4v) is 2.57. The van der Waals surface area contributed by atoms with Crippen molar-refractivity contribution in [1.29, 1.82) is 0 Å². The van der Waals surface area contributed by atoms with Crippen molar-refractivity contribution in [3.05, 3.63) is 29.8 Å². The first-order valence-corrected chi connectivity index (χ1v) is 7.72. The van der Waals surface area contributed by atoms with E-state index in [9.17, 15) is 9.59 Å². The van der Waals surface area contributed by atoms with Crippen molar-refractivity contribution in [3.8, 4) is 0 Å². The van der Waals surface area contributed by atoms with Crippen LogP contribution in [-0.4, -0.2) is 37.6 Å². The van der Waals surface area contributed by atoms with Crippen LogP contribution in [0.3, 0.4) is 0 Å². The summed E-state index contributed by atoms with van der Waals surface area (Å²) in [6.45, 7) is 2.63. The molecule has 6 nitrogen and oxygen atoms in total. The second-order valence-corrected chi connectivity index (χ2v) is 5.76. The van der Waals surface area contributed by atoms with Gasteiger partial charge < -0.3 is 20.7 Å². The molecule has 1 aromatic rings. The highest BCUT2D eigenvalue weighted by Crippen LogP contribution is 2.16. The molecule has 1 unspecified atom stereocenters. The summed E-state index contributed by atoms with van der Waals surface area (Å²) < 4.78 is 5.37. The van der Waals surface area contributed by atoms with E-state index in [1.165, 1.54) is 0 Å². The van der Waals surface area contributed by atoms with Crippen molar-refractivity contribution in [2.45, 2.75) is 25.5 Å². The minimum Gasteiger partial charge on any atom is -0.368 e. The Kier molecular flexibility index (Phi) is 4.70. The molecule has 2 heterocycles. The number of amides is 2. The third-order valence-corrected chi connectivity index (χ3v) is 4.04. The Morgan fingerprint density at radius 1 is 1.27 bits per heavy atom. The molecule has 0 aliphatic carbocycles. The number of hydrogen-bond donors (Lipinski definition) is 3. The molecular weight excluding hydrogens is 282 g/mol. The number of ether oxygens (including phenoxy) is 1. The van der Waals surface area contributed by atoms with E-state index in [1.807, 2.05) is 24.3 Å². The first-order chi connectivity index (χ1) is 10.7. The molecule has 0 radical (unpaired) electrons. The molecular formula is C16H21N3O3. The van der Waals surface area contributed by atoms with Gasteiger partial charge in [-0.25, -0.2) is 0 Å². The Balaban J connectivity index is 1.52. The van der Waals surface area contributed by atoms with Gasteiger partial charge in [0.25, 0.3) is 5.91 Å². The lowest BCUT2D eigenvalue weighted by Gasteiger charge is -2.25. The average Bonchev–Trinajstić information content (AvgIpc) is 2.98. The molecule has 118 valence electrons. The summed E-state index contributed by atoms with van der Waals surface area (Å²) in [6, 6.07) is 7.53. The third-order valence-electron chi connectivity index (χ3n) is 4.04. The molecule has 3 N–H and O–H groups in total. The molecule has 2 fully saturated rings. The van der Waals surface area contributed by atoms with Gasteiger partial charge in [-0.3, -0.25) is 9.59 Å². The summed E-state index contributed by atoms with van der Waals surface area (Å²) in [5, 5.41) is 8.87. The zero-order valence-corrected chi connectivity index (χ0v) is 12.4. The third kappa shape index (κ3) is 3.64. The lowest BCUT2D eigenvalue weighted by atomic mass is 10.0. The number of benzene rings is 1. The number of carbonyl (C=O) groups is 2. The van der Waals surface area contributed by atoms with Gasteiger partial charge in [0, 0.05) is 31.9 Å². The van der Waals surface area contributed by atoms with Crippen molar-refractivity contribution in [3.63, 3.8) is 0 Å². The van der Waals surface area contributed by atoms with Gasteiger partial charge in [0.1, 0.15) is 6.10 Å². The van der Waals surface area contributed by atoms with Gasteiger partial charge in [-0.05, 0) is 30.5 Å². The number of rotatable bonds is 5. The lowest BCUT2D eigenvalue weighted by Crippen LogP contribution is -2.50. The highest BCUT2D eigenvalue weighted by molar-refractivity contribution is 5.94. The Morgan fingerprint density at radius 3 is 2.82 bits per heavy atom. The van der Waals surface area contributed by atoms with Gasteiger partial charge in [-0.15, -0.1) is 0 Å². The van der Waals surface area contributed by atoms with E-state index >= 15 is 0 Å². The maximum absolute atomic E-state index is 12.0. The van der Waals surface area contributed by atoms with Crippen LogP contribution in [-0.2, 0) is 20.9 Å². The van der Waals surface area contributed by atoms with Crippen molar-refractivity contribution >= 4 is 17.5 Å². The Hall–Kier alpha value is -1.92. The lowest BCUT2D eigenvalue weighted by molar-refractivity contribution is -0.126. The molecule has 0 saturated carbocycles. The Bertz CT molecular complexity index is 551. The zero-order chi connectivity index (χ0) is 15.4. The van der Waals surface area contributed by atoms with Crippen molar-refractivity contribution < 1.29 is 14.3 Å². The largest absolute Gasteiger partial charge is 0.368 e. The average molecular weight is 303 g/mol. The molecule has 2 aliphatic heterocycles. The van der Waals surface area contributed by atoms with Crippen LogP contribution in [0, 0.1) is 5.92 Å². The van der Waals surface area contributed by atoms with Crippen molar-refractivity contribution in [1.82, 2.24) is 10.6 Å². The number of nitrogens with one attached hydrogen (secondary N) is 3. The van der Waals surface area contributed by atoms with Gasteiger partial charge >= 0.3 is 0 Å². The molecule has 22 heavy (non-hydrogen) atoms. The highest BCUT2D eigenvalue weighted by atomic mass is 16.5. The van der Waals surface area contributed by atoms with E-state index in [-0.39, 0.29) is 23.8 Å². The van der Waals surface area contributed by atoms with Gasteiger partial charge in [0.2, 0.25) is 5.91 Å². The summed E-state index contributed by atoms with van der Waals surface area (Å²) in [5.41, 5.74) is 1.70. The number of hydrogen-bond acceptors (Lipinski definition) is 4. The standard InChI is InChI=1S/C16H21N3O3/c20-15(12-9-17-10-12)18-8-11-3-1-4-13(7-11)19-16(21)14-5-2-6-22-14/h1,3-4,7,12,14,17H,2,5-6,8-10H2,(H,18,20)(H,19,21). The second-order valence-electron chi connectivity index (χ2n) is 5.76. The maximum Gasteiger partial charge on any atom is 0.253 e. The molecule has 0 bridgehead atoms. The Morgan fingerprint density at radius 2 is 2.14 bits per heavy atom. The van der Waals surface area contributed by atoms with Crippen LogP contribution in [0.1, 0.15) is 18.4 Å². The molecule has 3 rings (SSSR count). The predicted molar refractivity (Wildman–Crippen MR) is 82.3 cm³/mol. The van der Waals surface area contributed by atoms with Crippen LogP contribution in [0.4, 0.5) is 5.69 Å². The van der Waals surface area contributed by atoms with Crippen LogP contribution in [0.25, 0.3) is 0 Å². The van der Waals surface area contributed by atoms with E-state index in [0.29, 0.717) is 13.2 Å². The normalized spacial score (nSPS) is 21.2. The van der Waals surface area contributed by atoms with Crippen LogP contribution in [0.2, 0.25) is 0 Å². The topological polar surface area (TPSA) is 79.5 Å². The first kappa shape index (κ1) is 15.0. The molecule has 0 spiro atoms. The van der Waals surface area contributed by atoms with Gasteiger partial charge in [-0.1, -0.05) is 12.1 Å². The van der Waals surface area contributed by atoms with Crippen molar-refractivity contribution in [2.75, 3.05) is 25.0 Å². The number of carbonyl (C=O) groups excluding carboxylic acids is 2. The highest BCUT2D eigenvalue weighted by Gasteiger charge is 2.25. The molecule has 2 saturated heterocycles. The van der Waals surface area contributed by atoms with E-state index in [2.05, 4.69) is 16.0 Å². The van der Waals surface area contributed by atoms with Crippen molar-refractivity contribution in [2.24, 2.45) is 5.92 Å². The molecule has 1 atom stereocenters. The minimum atomic E-state index is -0.338. The quantitative estimate of drug-likeness (QED) is 0.746. The zero-order valence-electron chi connectivity index (χ0n) is 12.4. The smallest absolute Gasteiger partial charge is 0.253 e. The molecule has 0 aromatic heterocycles. The van der Waals surface area contributed by atoms with Crippen LogP contribution in [0.5, 0.6) is 0 Å². The number of anilines is 1. The first-order valence-electron chi connectivity index (χ1n) is 7.72. The van der Waals surface area contributed by atoms with Gasteiger partial charge in [-0.2, -0.15) is 0 Å². The maximum atomic E-state index is 12.0. The van der Waals surface area contributed by atoms with Gasteiger partial charge in [0.15, 0.2) is 0 Å². The summed E-state index contributed by atoms with van der Waals surface area (Å²) >= 11 is 0. The van der Waals surface area contributed by atoms with Crippen LogP contribution in [0.15, 0.2) is 24.3 Å². The van der Waals surface area contributed by atoms with E-state index in [1.54, 1.807) is 0 Å². The van der Waals surface area contributed by atoms with E-state index in [4.69, 9.17) is 4.74 Å². The summed E-state index contributed by atoms with van der Waals surface area (Å²) in [4.78, 5) is 23.8.